The summed E-state index contributed by atoms with van der Waals surface area (Å²) in [5, 5.41) is 13.1. The van der Waals surface area contributed by atoms with E-state index in [4.69, 9.17) is 4.74 Å². The molecule has 0 saturated heterocycles. The minimum atomic E-state index is 0.359. The molecule has 0 spiro atoms. The van der Waals surface area contributed by atoms with E-state index in [9.17, 15) is 5.11 Å². The molecular weight excluding hydrogens is 250 g/mol. The summed E-state index contributed by atoms with van der Waals surface area (Å²) in [5.74, 6) is 1.25. The van der Waals surface area contributed by atoms with Crippen LogP contribution in [0.4, 0.5) is 0 Å². The van der Waals surface area contributed by atoms with Crippen LogP contribution < -0.4 is 10.1 Å². The number of phenols is 1. The van der Waals surface area contributed by atoms with Crippen molar-refractivity contribution in [1.82, 2.24) is 5.32 Å². The minimum absolute atomic E-state index is 0.359. The molecule has 0 fully saturated rings. The number of aromatic hydroxyl groups is 1. The molecule has 2 N–H and O–H groups in total. The van der Waals surface area contributed by atoms with Gasteiger partial charge in [-0.3, -0.25) is 0 Å². The van der Waals surface area contributed by atoms with Crippen LogP contribution in [0.15, 0.2) is 42.5 Å². The van der Waals surface area contributed by atoms with E-state index < -0.39 is 0 Å². The molecule has 3 rings (SSSR count). The molecular formula is C17H19NO2. The van der Waals surface area contributed by atoms with Crippen molar-refractivity contribution < 1.29 is 9.84 Å². The zero-order chi connectivity index (χ0) is 13.9. The van der Waals surface area contributed by atoms with Gasteiger partial charge in [0, 0.05) is 12.6 Å². The molecule has 3 heteroatoms. The second-order valence-corrected chi connectivity index (χ2v) is 5.21. The second-order valence-electron chi connectivity index (χ2n) is 5.21. The number of benzene rings is 2. The third-order valence-electron chi connectivity index (χ3n) is 3.89. The van der Waals surface area contributed by atoms with Crippen LogP contribution in [0.25, 0.3) is 0 Å². The Balaban J connectivity index is 1.68. The number of methoxy groups -OCH3 is 1. The van der Waals surface area contributed by atoms with E-state index >= 15 is 0 Å². The minimum Gasteiger partial charge on any atom is -0.508 e. The first-order valence-corrected chi connectivity index (χ1v) is 6.94. The van der Waals surface area contributed by atoms with Gasteiger partial charge in [-0.2, -0.15) is 0 Å². The molecule has 1 aliphatic rings. The highest BCUT2D eigenvalue weighted by molar-refractivity contribution is 5.40. The fraction of sp³-hybridized carbons (Fsp3) is 0.294. The topological polar surface area (TPSA) is 41.5 Å². The average Bonchev–Trinajstić information content (AvgIpc) is 2.87. The highest BCUT2D eigenvalue weighted by Gasteiger charge is 2.21. The van der Waals surface area contributed by atoms with Crippen LogP contribution in [0.3, 0.4) is 0 Å². The van der Waals surface area contributed by atoms with Gasteiger partial charge in [0.25, 0.3) is 0 Å². The smallest absolute Gasteiger partial charge is 0.119 e. The maximum atomic E-state index is 9.51. The zero-order valence-electron chi connectivity index (χ0n) is 11.6. The Kier molecular flexibility index (Phi) is 3.61. The molecule has 104 valence electrons. The van der Waals surface area contributed by atoms with Gasteiger partial charge in [0.05, 0.1) is 7.11 Å². The fourth-order valence-corrected chi connectivity index (χ4v) is 2.84. The maximum Gasteiger partial charge on any atom is 0.119 e. The first kappa shape index (κ1) is 13.0. The van der Waals surface area contributed by atoms with Gasteiger partial charge in [0.1, 0.15) is 11.5 Å². The van der Waals surface area contributed by atoms with Crippen molar-refractivity contribution in [2.24, 2.45) is 0 Å². The standard InChI is InChI=1S/C17H19NO2/c1-20-15-4-2-3-12(9-15)11-18-17-8-5-13-10-14(19)6-7-16(13)17/h2-4,6-7,9-10,17-19H,5,8,11H2,1H3. The van der Waals surface area contributed by atoms with Crippen LogP contribution in [0, 0.1) is 0 Å². The Bertz CT molecular complexity index is 610. The van der Waals surface area contributed by atoms with E-state index in [0.717, 1.165) is 25.1 Å². The number of ether oxygens (including phenoxy) is 1. The Hall–Kier alpha value is -2.00. The third kappa shape index (κ3) is 2.63. The van der Waals surface area contributed by atoms with Crippen LogP contribution in [-0.4, -0.2) is 12.2 Å². The van der Waals surface area contributed by atoms with Crippen LogP contribution in [0.5, 0.6) is 11.5 Å². The van der Waals surface area contributed by atoms with E-state index in [-0.39, 0.29) is 0 Å². The molecule has 2 aromatic carbocycles. The summed E-state index contributed by atoms with van der Waals surface area (Å²) >= 11 is 0. The molecule has 0 bridgehead atoms. The lowest BCUT2D eigenvalue weighted by Crippen LogP contribution is -2.18. The van der Waals surface area contributed by atoms with Gasteiger partial charge in [0.2, 0.25) is 0 Å². The SMILES string of the molecule is COc1cccc(CNC2CCc3cc(O)ccc32)c1. The normalized spacial score (nSPS) is 16.9. The molecule has 1 unspecified atom stereocenters. The lowest BCUT2D eigenvalue weighted by molar-refractivity contribution is 0.413. The lowest BCUT2D eigenvalue weighted by Gasteiger charge is -2.14. The first-order chi connectivity index (χ1) is 9.76. The van der Waals surface area contributed by atoms with Crippen molar-refractivity contribution in [3.8, 4) is 11.5 Å². The molecule has 0 heterocycles. The van der Waals surface area contributed by atoms with Crippen molar-refractivity contribution in [3.05, 3.63) is 59.2 Å². The number of phenolic OH excluding ortho intramolecular Hbond substituents is 1. The number of hydrogen-bond acceptors (Lipinski definition) is 3. The van der Waals surface area contributed by atoms with Gasteiger partial charge in [-0.25, -0.2) is 0 Å². The van der Waals surface area contributed by atoms with Crippen molar-refractivity contribution in [2.45, 2.75) is 25.4 Å². The van der Waals surface area contributed by atoms with Crippen LogP contribution in [-0.2, 0) is 13.0 Å². The van der Waals surface area contributed by atoms with Gasteiger partial charge in [-0.1, -0.05) is 18.2 Å². The van der Waals surface area contributed by atoms with Crippen LogP contribution in [0.1, 0.15) is 29.2 Å². The van der Waals surface area contributed by atoms with E-state index in [0.29, 0.717) is 11.8 Å². The van der Waals surface area contributed by atoms with Crippen molar-refractivity contribution in [1.29, 1.82) is 0 Å². The summed E-state index contributed by atoms with van der Waals surface area (Å²) < 4.78 is 5.24. The Morgan fingerprint density at radius 2 is 2.15 bits per heavy atom. The van der Waals surface area contributed by atoms with E-state index in [1.807, 2.05) is 24.3 Å². The largest absolute Gasteiger partial charge is 0.508 e. The summed E-state index contributed by atoms with van der Waals surface area (Å²) in [4.78, 5) is 0. The summed E-state index contributed by atoms with van der Waals surface area (Å²) in [7, 11) is 1.69. The highest BCUT2D eigenvalue weighted by Crippen LogP contribution is 2.33. The summed E-state index contributed by atoms with van der Waals surface area (Å²) in [6, 6.07) is 14.2. The molecule has 2 aromatic rings. The summed E-state index contributed by atoms with van der Waals surface area (Å²) in [5.41, 5.74) is 3.79. The molecule has 0 aromatic heterocycles. The molecule has 0 radical (unpaired) electrons. The van der Waals surface area contributed by atoms with Crippen LogP contribution in [0.2, 0.25) is 0 Å². The summed E-state index contributed by atoms with van der Waals surface area (Å²) in [6.07, 6.45) is 2.11. The van der Waals surface area contributed by atoms with E-state index in [1.54, 1.807) is 13.2 Å². The van der Waals surface area contributed by atoms with Gasteiger partial charge in [-0.15, -0.1) is 0 Å². The van der Waals surface area contributed by atoms with E-state index in [2.05, 4.69) is 17.4 Å². The predicted octanol–water partition coefficient (Wildman–Crippen LogP) is 3.18. The highest BCUT2D eigenvalue weighted by atomic mass is 16.5. The molecule has 20 heavy (non-hydrogen) atoms. The Labute approximate surface area is 119 Å². The molecule has 1 aliphatic carbocycles. The molecule has 3 nitrogen and oxygen atoms in total. The predicted molar refractivity (Wildman–Crippen MR) is 79.0 cm³/mol. The number of rotatable bonds is 4. The molecule has 0 amide bonds. The summed E-state index contributed by atoms with van der Waals surface area (Å²) in [6.45, 7) is 0.822. The number of fused-ring (bicyclic) bond motifs is 1. The van der Waals surface area contributed by atoms with Gasteiger partial charge < -0.3 is 15.2 Å². The Morgan fingerprint density at radius 1 is 1.25 bits per heavy atom. The average molecular weight is 269 g/mol. The maximum absolute atomic E-state index is 9.51. The number of nitrogens with one attached hydrogen (secondary N) is 1. The van der Waals surface area contributed by atoms with E-state index in [1.165, 1.54) is 16.7 Å². The van der Waals surface area contributed by atoms with Gasteiger partial charge >= 0.3 is 0 Å². The Morgan fingerprint density at radius 3 is 3.00 bits per heavy atom. The zero-order valence-corrected chi connectivity index (χ0v) is 11.6. The van der Waals surface area contributed by atoms with Crippen molar-refractivity contribution >= 4 is 0 Å². The lowest BCUT2D eigenvalue weighted by atomic mass is 10.1. The fourth-order valence-electron chi connectivity index (χ4n) is 2.84. The van der Waals surface area contributed by atoms with Crippen LogP contribution >= 0.6 is 0 Å². The molecule has 1 atom stereocenters. The number of hydrogen-bond donors (Lipinski definition) is 2. The first-order valence-electron chi connectivity index (χ1n) is 6.94. The van der Waals surface area contributed by atoms with Gasteiger partial charge in [0.15, 0.2) is 0 Å². The number of aryl methyl sites for hydroxylation is 1. The monoisotopic (exact) mass is 269 g/mol. The molecule has 0 aliphatic heterocycles. The van der Waals surface area contributed by atoms with Crippen molar-refractivity contribution in [2.75, 3.05) is 7.11 Å². The molecule has 0 saturated carbocycles. The van der Waals surface area contributed by atoms with Crippen molar-refractivity contribution in [3.63, 3.8) is 0 Å². The quantitative estimate of drug-likeness (QED) is 0.895. The second kappa shape index (κ2) is 5.55. The van der Waals surface area contributed by atoms with Gasteiger partial charge in [-0.05, 0) is 53.8 Å². The third-order valence-corrected chi connectivity index (χ3v) is 3.89.